The third-order valence-electron chi connectivity index (χ3n) is 5.56. The van der Waals surface area contributed by atoms with Crippen molar-refractivity contribution in [3.05, 3.63) is 81.1 Å². The summed E-state index contributed by atoms with van der Waals surface area (Å²) >= 11 is 0. The molecule has 2 heterocycles. The number of carbonyl (C=O) groups excluding carboxylic acids is 1. The second-order valence-corrected chi connectivity index (χ2v) is 10.1. The molecule has 3 aromatic rings. The molecule has 1 aromatic heterocycles. The number of hydrogen-bond acceptors (Lipinski definition) is 7. The highest BCUT2D eigenvalue weighted by Gasteiger charge is 2.29. The van der Waals surface area contributed by atoms with Crippen LogP contribution < -0.4 is 5.01 Å². The number of hydrogen-bond donors (Lipinski definition) is 0. The lowest BCUT2D eigenvalue weighted by molar-refractivity contribution is -0.384. The van der Waals surface area contributed by atoms with E-state index in [4.69, 9.17) is 4.42 Å². The average Bonchev–Trinajstić information content (AvgIpc) is 3.35. The Balaban J connectivity index is 1.65. The minimum absolute atomic E-state index is 0.0601. The van der Waals surface area contributed by atoms with Crippen molar-refractivity contribution in [2.45, 2.75) is 25.7 Å². The van der Waals surface area contributed by atoms with E-state index in [1.807, 2.05) is 6.92 Å². The lowest BCUT2D eigenvalue weighted by Crippen LogP contribution is -2.21. The normalized spacial score (nSPS) is 15.2. The van der Waals surface area contributed by atoms with Crippen molar-refractivity contribution in [3.63, 3.8) is 0 Å². The van der Waals surface area contributed by atoms with Crippen molar-refractivity contribution in [1.29, 1.82) is 0 Å². The maximum Gasteiger partial charge on any atom is 0.280 e. The van der Waals surface area contributed by atoms with Crippen LogP contribution in [-0.4, -0.2) is 31.2 Å². The summed E-state index contributed by atoms with van der Waals surface area (Å²) in [5.74, 6) is 0.254. The molecule has 4 rings (SSSR count). The molecular weight excluding hydrogens is 458 g/mol. The topological polar surface area (TPSA) is 123 Å². The van der Waals surface area contributed by atoms with Gasteiger partial charge in [0.05, 0.1) is 32.4 Å². The maximum absolute atomic E-state index is 13.0. The number of benzene rings is 2. The van der Waals surface area contributed by atoms with Gasteiger partial charge >= 0.3 is 0 Å². The lowest BCUT2D eigenvalue weighted by atomic mass is 10.0. The molecule has 0 atom stereocenters. The number of furan rings is 1. The van der Waals surface area contributed by atoms with Crippen molar-refractivity contribution in [2.24, 2.45) is 5.10 Å². The first kappa shape index (κ1) is 23.1. The minimum atomic E-state index is -3.36. The number of nitrogens with zero attached hydrogens (tertiary/aromatic N) is 3. The quantitative estimate of drug-likeness (QED) is 0.297. The second-order valence-electron chi connectivity index (χ2n) is 8.04. The van der Waals surface area contributed by atoms with E-state index >= 15 is 0 Å². The largest absolute Gasteiger partial charge is 0.456 e. The number of hydrazone groups is 1. The Hall–Kier alpha value is -4.05. The van der Waals surface area contributed by atoms with Crippen LogP contribution in [-0.2, 0) is 14.6 Å². The van der Waals surface area contributed by atoms with Crippen LogP contribution in [0.15, 0.2) is 68.5 Å². The first-order valence-corrected chi connectivity index (χ1v) is 12.1. The third kappa shape index (κ3) is 4.27. The molecule has 0 fully saturated rings. The van der Waals surface area contributed by atoms with Crippen LogP contribution in [0.3, 0.4) is 0 Å². The predicted molar refractivity (Wildman–Crippen MR) is 128 cm³/mol. The highest BCUT2D eigenvalue weighted by molar-refractivity contribution is 7.90. The van der Waals surface area contributed by atoms with E-state index in [0.29, 0.717) is 34.1 Å². The molecule has 0 aliphatic carbocycles. The van der Waals surface area contributed by atoms with E-state index in [-0.39, 0.29) is 10.6 Å². The van der Waals surface area contributed by atoms with Crippen LogP contribution in [0, 0.1) is 24.0 Å². The summed E-state index contributed by atoms with van der Waals surface area (Å²) < 4.78 is 29.2. The summed E-state index contributed by atoms with van der Waals surface area (Å²) in [5, 5.41) is 17.0. The van der Waals surface area contributed by atoms with Gasteiger partial charge in [-0.1, -0.05) is 0 Å². The fraction of sp³-hybridized carbons (Fsp3) is 0.167. The highest BCUT2D eigenvalue weighted by atomic mass is 32.2. The monoisotopic (exact) mass is 479 g/mol. The van der Waals surface area contributed by atoms with Gasteiger partial charge in [0.25, 0.3) is 11.6 Å². The number of anilines is 1. The van der Waals surface area contributed by atoms with Crippen LogP contribution in [0.2, 0.25) is 0 Å². The predicted octanol–water partition coefficient (Wildman–Crippen LogP) is 4.68. The minimum Gasteiger partial charge on any atom is -0.456 e. The van der Waals surface area contributed by atoms with Crippen LogP contribution in [0.4, 0.5) is 11.4 Å². The second kappa shape index (κ2) is 8.38. The molecule has 0 saturated carbocycles. The van der Waals surface area contributed by atoms with Gasteiger partial charge in [0.15, 0.2) is 9.84 Å². The number of nitro groups is 1. The fourth-order valence-corrected chi connectivity index (χ4v) is 4.19. The highest BCUT2D eigenvalue weighted by Crippen LogP contribution is 2.34. The molecule has 0 bridgehead atoms. The van der Waals surface area contributed by atoms with Gasteiger partial charge in [-0.3, -0.25) is 14.9 Å². The molecule has 34 heavy (non-hydrogen) atoms. The molecule has 1 aliphatic rings. The molecule has 0 unspecified atom stereocenters. The number of aryl methyl sites for hydroxylation is 2. The van der Waals surface area contributed by atoms with E-state index in [1.165, 1.54) is 41.4 Å². The van der Waals surface area contributed by atoms with Crippen molar-refractivity contribution < 1.29 is 22.6 Å². The maximum atomic E-state index is 13.0. The molecule has 0 saturated heterocycles. The molecule has 2 aromatic carbocycles. The van der Waals surface area contributed by atoms with Crippen LogP contribution in [0.5, 0.6) is 0 Å². The van der Waals surface area contributed by atoms with Gasteiger partial charge in [0, 0.05) is 12.3 Å². The molecule has 0 spiro atoms. The summed E-state index contributed by atoms with van der Waals surface area (Å²) in [7, 11) is -3.36. The lowest BCUT2D eigenvalue weighted by Gasteiger charge is -2.12. The summed E-state index contributed by atoms with van der Waals surface area (Å²) in [6, 6.07) is 12.3. The van der Waals surface area contributed by atoms with Gasteiger partial charge < -0.3 is 4.42 Å². The van der Waals surface area contributed by atoms with Gasteiger partial charge in [-0.2, -0.15) is 10.1 Å². The standard InChI is InChI=1S/C24H21N3O6S/c1-14-11-21(22(27(29)30)12-15(14)2)23-10-7-18(33-23)13-20-16(3)25-26(24(20)28)17-5-8-19(9-6-17)34(4,31)32/h5-13H,1-4H3. The molecular formula is C24H21N3O6S. The number of amides is 1. The van der Waals surface area contributed by atoms with Gasteiger partial charge in [-0.25, -0.2) is 8.42 Å². The Morgan fingerprint density at radius 2 is 1.68 bits per heavy atom. The van der Waals surface area contributed by atoms with Crippen molar-refractivity contribution in [3.8, 4) is 11.3 Å². The van der Waals surface area contributed by atoms with Crippen LogP contribution >= 0.6 is 0 Å². The number of carbonyl (C=O) groups is 1. The summed E-state index contributed by atoms with van der Waals surface area (Å²) in [6.45, 7) is 5.34. The van der Waals surface area contributed by atoms with Crippen molar-refractivity contribution >= 4 is 38.9 Å². The van der Waals surface area contributed by atoms with E-state index < -0.39 is 20.7 Å². The molecule has 1 amide bonds. The molecule has 10 heteroatoms. The number of nitro benzene ring substituents is 1. The van der Waals surface area contributed by atoms with Crippen molar-refractivity contribution in [2.75, 3.05) is 11.3 Å². The zero-order valence-electron chi connectivity index (χ0n) is 18.9. The summed E-state index contributed by atoms with van der Waals surface area (Å²) in [6.07, 6.45) is 2.64. The Morgan fingerprint density at radius 1 is 1.03 bits per heavy atom. The van der Waals surface area contributed by atoms with Crippen LogP contribution in [0.25, 0.3) is 17.4 Å². The fourth-order valence-electron chi connectivity index (χ4n) is 3.56. The molecule has 174 valence electrons. The Morgan fingerprint density at radius 3 is 2.29 bits per heavy atom. The Bertz CT molecular complexity index is 1500. The van der Waals surface area contributed by atoms with E-state index in [2.05, 4.69) is 5.10 Å². The van der Waals surface area contributed by atoms with Gasteiger partial charge in [-0.05, 0) is 80.4 Å². The van der Waals surface area contributed by atoms with Gasteiger partial charge in [0.2, 0.25) is 0 Å². The zero-order valence-corrected chi connectivity index (χ0v) is 19.7. The first-order valence-electron chi connectivity index (χ1n) is 10.2. The van der Waals surface area contributed by atoms with Gasteiger partial charge in [0.1, 0.15) is 11.5 Å². The smallest absolute Gasteiger partial charge is 0.280 e. The van der Waals surface area contributed by atoms with Crippen LogP contribution in [0.1, 0.15) is 23.8 Å². The molecule has 0 radical (unpaired) electrons. The van der Waals surface area contributed by atoms with Gasteiger partial charge in [-0.15, -0.1) is 0 Å². The SMILES string of the molecule is CC1=NN(c2ccc(S(C)(=O)=O)cc2)C(=O)C1=Cc1ccc(-c2cc(C)c(C)cc2[N+](=O)[O-])o1. The van der Waals surface area contributed by atoms with Crippen molar-refractivity contribution in [1.82, 2.24) is 0 Å². The number of rotatable bonds is 5. The number of sulfone groups is 1. The summed E-state index contributed by atoms with van der Waals surface area (Å²) in [4.78, 5) is 24.2. The van der Waals surface area contributed by atoms with E-state index in [9.17, 15) is 23.3 Å². The Labute approximate surface area is 196 Å². The summed E-state index contributed by atoms with van der Waals surface area (Å²) in [5.41, 5.74) is 3.16. The zero-order chi connectivity index (χ0) is 24.8. The first-order chi connectivity index (χ1) is 16.0. The van der Waals surface area contributed by atoms with E-state index in [1.54, 1.807) is 32.0 Å². The Kier molecular flexibility index (Phi) is 5.70. The molecule has 9 nitrogen and oxygen atoms in total. The molecule has 0 N–H and O–H groups in total. The van der Waals surface area contributed by atoms with E-state index in [0.717, 1.165) is 17.4 Å². The molecule has 1 aliphatic heterocycles. The average molecular weight is 480 g/mol. The third-order valence-corrected chi connectivity index (χ3v) is 6.69.